The summed E-state index contributed by atoms with van der Waals surface area (Å²) in [5.41, 5.74) is 1.34. The SMILES string of the molecule is CC(C)Cn1c(SCC(=O)NCc2ccc3c(c2)OCO3)nc2ccc(Cl)cc2c1=O. The van der Waals surface area contributed by atoms with Gasteiger partial charge in [-0.3, -0.25) is 14.2 Å². The number of ether oxygens (including phenoxy) is 2. The van der Waals surface area contributed by atoms with Gasteiger partial charge < -0.3 is 14.8 Å². The summed E-state index contributed by atoms with van der Waals surface area (Å²) in [6, 6.07) is 10.6. The number of aromatic nitrogens is 2. The number of rotatable bonds is 7. The van der Waals surface area contributed by atoms with Crippen LogP contribution in [0.3, 0.4) is 0 Å². The summed E-state index contributed by atoms with van der Waals surface area (Å²) in [6.45, 7) is 5.15. The molecular formula is C22H22ClN3O4S. The molecule has 1 aliphatic heterocycles. The van der Waals surface area contributed by atoms with E-state index in [9.17, 15) is 9.59 Å². The molecule has 1 N–H and O–H groups in total. The molecule has 0 fully saturated rings. The second-order valence-corrected chi connectivity index (χ2v) is 9.00. The number of carbonyl (C=O) groups excluding carboxylic acids is 1. The molecule has 2 heterocycles. The Labute approximate surface area is 188 Å². The Morgan fingerprint density at radius 2 is 2.03 bits per heavy atom. The number of hydrogen-bond acceptors (Lipinski definition) is 6. The highest BCUT2D eigenvalue weighted by molar-refractivity contribution is 7.99. The molecular weight excluding hydrogens is 438 g/mol. The van der Waals surface area contributed by atoms with Crippen LogP contribution in [-0.4, -0.2) is 28.0 Å². The molecule has 31 heavy (non-hydrogen) atoms. The van der Waals surface area contributed by atoms with Gasteiger partial charge in [-0.05, 0) is 41.8 Å². The van der Waals surface area contributed by atoms with E-state index in [2.05, 4.69) is 10.3 Å². The predicted octanol–water partition coefficient (Wildman–Crippen LogP) is 3.84. The second kappa shape index (κ2) is 9.20. The minimum atomic E-state index is -0.149. The highest BCUT2D eigenvalue weighted by Crippen LogP contribution is 2.32. The summed E-state index contributed by atoms with van der Waals surface area (Å²) >= 11 is 7.31. The van der Waals surface area contributed by atoms with Crippen molar-refractivity contribution in [3.8, 4) is 11.5 Å². The summed E-state index contributed by atoms with van der Waals surface area (Å²) in [5, 5.41) is 4.38. The van der Waals surface area contributed by atoms with E-state index in [1.807, 2.05) is 32.0 Å². The first-order chi connectivity index (χ1) is 14.9. The molecule has 0 spiro atoms. The minimum Gasteiger partial charge on any atom is -0.454 e. The fraction of sp³-hybridized carbons (Fsp3) is 0.318. The summed E-state index contributed by atoms with van der Waals surface area (Å²) in [7, 11) is 0. The monoisotopic (exact) mass is 459 g/mol. The quantitative estimate of drug-likeness (QED) is 0.427. The molecule has 7 nitrogen and oxygen atoms in total. The van der Waals surface area contributed by atoms with Crippen LogP contribution in [0.25, 0.3) is 10.9 Å². The zero-order valence-electron chi connectivity index (χ0n) is 17.2. The maximum Gasteiger partial charge on any atom is 0.262 e. The first-order valence-corrected chi connectivity index (χ1v) is 11.2. The molecule has 1 amide bonds. The van der Waals surface area contributed by atoms with Gasteiger partial charge in [-0.2, -0.15) is 0 Å². The molecule has 9 heteroatoms. The molecule has 0 atom stereocenters. The number of halogens is 1. The Morgan fingerprint density at radius 3 is 2.84 bits per heavy atom. The van der Waals surface area contributed by atoms with Crippen LogP contribution in [0.5, 0.6) is 11.5 Å². The first kappa shape index (κ1) is 21.5. The van der Waals surface area contributed by atoms with Crippen LogP contribution in [0.4, 0.5) is 0 Å². The van der Waals surface area contributed by atoms with Gasteiger partial charge in [0.1, 0.15) is 0 Å². The van der Waals surface area contributed by atoms with E-state index in [0.717, 1.165) is 5.56 Å². The van der Waals surface area contributed by atoms with Gasteiger partial charge in [0.15, 0.2) is 16.7 Å². The fourth-order valence-electron chi connectivity index (χ4n) is 3.24. The second-order valence-electron chi connectivity index (χ2n) is 7.62. The zero-order valence-corrected chi connectivity index (χ0v) is 18.8. The number of fused-ring (bicyclic) bond motifs is 2. The van der Waals surface area contributed by atoms with E-state index in [-0.39, 0.29) is 29.9 Å². The summed E-state index contributed by atoms with van der Waals surface area (Å²) in [6.07, 6.45) is 0. The molecule has 0 aliphatic carbocycles. The van der Waals surface area contributed by atoms with Gasteiger partial charge in [0, 0.05) is 18.1 Å². The molecule has 2 aromatic carbocycles. The number of thioether (sulfide) groups is 1. The molecule has 0 saturated carbocycles. The van der Waals surface area contributed by atoms with Crippen molar-refractivity contribution in [2.24, 2.45) is 5.92 Å². The van der Waals surface area contributed by atoms with Crippen molar-refractivity contribution in [1.29, 1.82) is 0 Å². The number of carbonyl (C=O) groups is 1. The van der Waals surface area contributed by atoms with Crippen LogP contribution in [0.1, 0.15) is 19.4 Å². The van der Waals surface area contributed by atoms with Crippen molar-refractivity contribution in [2.45, 2.75) is 32.1 Å². The molecule has 0 unspecified atom stereocenters. The lowest BCUT2D eigenvalue weighted by molar-refractivity contribution is -0.118. The molecule has 4 rings (SSSR count). The van der Waals surface area contributed by atoms with Crippen LogP contribution in [0.15, 0.2) is 46.3 Å². The normalized spacial score (nSPS) is 12.5. The Kier molecular flexibility index (Phi) is 6.38. The van der Waals surface area contributed by atoms with Crippen molar-refractivity contribution in [3.05, 3.63) is 57.3 Å². The maximum absolute atomic E-state index is 13.0. The van der Waals surface area contributed by atoms with E-state index in [0.29, 0.717) is 45.7 Å². The van der Waals surface area contributed by atoms with Crippen LogP contribution in [-0.2, 0) is 17.9 Å². The van der Waals surface area contributed by atoms with E-state index < -0.39 is 0 Å². The van der Waals surface area contributed by atoms with Crippen LogP contribution in [0.2, 0.25) is 5.02 Å². The summed E-state index contributed by atoms with van der Waals surface area (Å²) in [5.74, 6) is 1.63. The van der Waals surface area contributed by atoms with Gasteiger partial charge >= 0.3 is 0 Å². The third kappa shape index (κ3) is 4.97. The van der Waals surface area contributed by atoms with Gasteiger partial charge in [-0.25, -0.2) is 4.98 Å². The number of amides is 1. The largest absolute Gasteiger partial charge is 0.454 e. The molecule has 162 valence electrons. The van der Waals surface area contributed by atoms with Crippen molar-refractivity contribution >= 4 is 40.2 Å². The van der Waals surface area contributed by atoms with Crippen molar-refractivity contribution < 1.29 is 14.3 Å². The highest BCUT2D eigenvalue weighted by Gasteiger charge is 2.16. The summed E-state index contributed by atoms with van der Waals surface area (Å²) < 4.78 is 12.3. The van der Waals surface area contributed by atoms with Gasteiger partial charge in [-0.15, -0.1) is 0 Å². The van der Waals surface area contributed by atoms with Crippen molar-refractivity contribution in [3.63, 3.8) is 0 Å². The Morgan fingerprint density at radius 1 is 1.23 bits per heavy atom. The van der Waals surface area contributed by atoms with Crippen LogP contribution in [0, 0.1) is 5.92 Å². The topological polar surface area (TPSA) is 82.5 Å². The molecule has 0 saturated heterocycles. The molecule has 1 aliphatic rings. The van der Waals surface area contributed by atoms with Crippen LogP contribution < -0.4 is 20.3 Å². The van der Waals surface area contributed by atoms with Gasteiger partial charge in [-0.1, -0.05) is 43.3 Å². The van der Waals surface area contributed by atoms with E-state index in [4.69, 9.17) is 21.1 Å². The number of hydrogen-bond donors (Lipinski definition) is 1. The van der Waals surface area contributed by atoms with Gasteiger partial charge in [0.2, 0.25) is 12.7 Å². The summed E-state index contributed by atoms with van der Waals surface area (Å²) in [4.78, 5) is 30.1. The highest BCUT2D eigenvalue weighted by atomic mass is 35.5. The molecule has 1 aromatic heterocycles. The molecule has 0 radical (unpaired) electrons. The first-order valence-electron chi connectivity index (χ1n) is 9.89. The van der Waals surface area contributed by atoms with Crippen molar-refractivity contribution in [2.75, 3.05) is 12.5 Å². The average Bonchev–Trinajstić information content (AvgIpc) is 3.21. The lowest BCUT2D eigenvalue weighted by Crippen LogP contribution is -2.27. The van der Waals surface area contributed by atoms with Gasteiger partial charge in [0.05, 0.1) is 16.7 Å². The lowest BCUT2D eigenvalue weighted by atomic mass is 10.2. The zero-order chi connectivity index (χ0) is 22.0. The number of nitrogens with one attached hydrogen (secondary N) is 1. The third-order valence-corrected chi connectivity index (χ3v) is 5.90. The Bertz CT molecular complexity index is 1200. The van der Waals surface area contributed by atoms with Gasteiger partial charge in [0.25, 0.3) is 5.56 Å². The Balaban J connectivity index is 1.46. The molecule has 0 bridgehead atoms. The average molecular weight is 460 g/mol. The maximum atomic E-state index is 13.0. The van der Waals surface area contributed by atoms with E-state index in [1.165, 1.54) is 11.8 Å². The number of benzene rings is 2. The smallest absolute Gasteiger partial charge is 0.262 e. The van der Waals surface area contributed by atoms with Crippen LogP contribution >= 0.6 is 23.4 Å². The molecule has 3 aromatic rings. The number of nitrogens with zero attached hydrogens (tertiary/aromatic N) is 2. The standard InChI is InChI=1S/C22H22ClN3O4S/c1-13(2)10-26-21(28)16-8-15(23)4-5-17(16)25-22(26)31-11-20(27)24-9-14-3-6-18-19(7-14)30-12-29-18/h3-8,13H,9-12H2,1-2H3,(H,24,27). The third-order valence-electron chi connectivity index (χ3n) is 4.69. The minimum absolute atomic E-state index is 0.147. The van der Waals surface area contributed by atoms with E-state index in [1.54, 1.807) is 22.8 Å². The fourth-order valence-corrected chi connectivity index (χ4v) is 4.25. The lowest BCUT2D eigenvalue weighted by Gasteiger charge is -2.15. The Hall–Kier alpha value is -2.71. The predicted molar refractivity (Wildman–Crippen MR) is 121 cm³/mol. The van der Waals surface area contributed by atoms with Crippen molar-refractivity contribution in [1.82, 2.24) is 14.9 Å². The van der Waals surface area contributed by atoms with E-state index >= 15 is 0 Å².